The Kier molecular flexibility index (Phi) is 6.05. The zero-order chi connectivity index (χ0) is 25.4. The maximum Gasteiger partial charge on any atom is 0.195 e. The molecule has 3 N–H and O–H groups in total. The fourth-order valence-electron chi connectivity index (χ4n) is 9.74. The molecule has 0 amide bonds. The maximum atomic E-state index is 13.5. The summed E-state index contributed by atoms with van der Waals surface area (Å²) in [5.41, 5.74) is 1.08. The van der Waals surface area contributed by atoms with Gasteiger partial charge in [-0.15, -0.1) is 0 Å². The first-order chi connectivity index (χ1) is 17.1. The fourth-order valence-corrected chi connectivity index (χ4v) is 9.74. The second kappa shape index (κ2) is 8.78. The Morgan fingerprint density at radius 2 is 1.89 bits per heavy atom. The van der Waals surface area contributed by atoms with Gasteiger partial charge in [0.1, 0.15) is 11.3 Å². The molecule has 1 aromatic heterocycles. The smallest absolute Gasteiger partial charge is 0.195 e. The van der Waals surface area contributed by atoms with E-state index in [-0.39, 0.29) is 40.9 Å². The van der Waals surface area contributed by atoms with Gasteiger partial charge in [-0.05, 0) is 110 Å². The normalized spacial score (nSPS) is 45.2. The molecule has 0 radical (unpaired) electrons. The summed E-state index contributed by atoms with van der Waals surface area (Å²) in [4.78, 5) is 4.55. The summed E-state index contributed by atoms with van der Waals surface area (Å²) in [6.45, 7) is 6.96. The van der Waals surface area contributed by atoms with Crippen LogP contribution in [0, 0.1) is 52.2 Å². The van der Waals surface area contributed by atoms with Gasteiger partial charge in [-0.1, -0.05) is 20.8 Å². The molecule has 6 rings (SSSR count). The van der Waals surface area contributed by atoms with E-state index >= 15 is 0 Å². The molecule has 11 atom stereocenters. The minimum atomic E-state index is -0.374. The SMILES string of the molecule is CC(CCc1nc2ccc(F)cc2o1)[C@H]1CC[C@H]2[C@@H]3[C@H](O)C[C@@H]4C[C@H](O)CC[C@]4(C)[C@H]3C[C@H](O)[C@]12C. The topological polar surface area (TPSA) is 86.7 Å². The molecule has 198 valence electrons. The zero-order valence-corrected chi connectivity index (χ0v) is 21.9. The minimum Gasteiger partial charge on any atom is -0.441 e. The lowest BCUT2D eigenvalue weighted by Crippen LogP contribution is -2.62. The van der Waals surface area contributed by atoms with Crippen LogP contribution in [0.2, 0.25) is 0 Å². The van der Waals surface area contributed by atoms with Gasteiger partial charge in [-0.3, -0.25) is 0 Å². The van der Waals surface area contributed by atoms with E-state index in [1.54, 1.807) is 6.07 Å². The van der Waals surface area contributed by atoms with Crippen LogP contribution in [0.15, 0.2) is 22.6 Å². The summed E-state index contributed by atoms with van der Waals surface area (Å²) >= 11 is 0. The fraction of sp³-hybridized carbons (Fsp3) is 0.767. The third kappa shape index (κ3) is 3.69. The predicted octanol–water partition coefficient (Wildman–Crippen LogP) is 5.50. The summed E-state index contributed by atoms with van der Waals surface area (Å²) in [5.74, 6) is 2.31. The lowest BCUT2D eigenvalue weighted by molar-refractivity contribution is -0.207. The van der Waals surface area contributed by atoms with Crippen molar-refractivity contribution >= 4 is 11.1 Å². The highest BCUT2D eigenvalue weighted by atomic mass is 19.1. The summed E-state index contributed by atoms with van der Waals surface area (Å²) in [7, 11) is 0. The van der Waals surface area contributed by atoms with Crippen molar-refractivity contribution < 1.29 is 24.1 Å². The first-order valence-electron chi connectivity index (χ1n) is 14.2. The highest BCUT2D eigenvalue weighted by Gasteiger charge is 2.65. The van der Waals surface area contributed by atoms with Gasteiger partial charge in [0.25, 0.3) is 0 Å². The number of oxazole rings is 1. The van der Waals surface area contributed by atoms with Crippen LogP contribution in [0.4, 0.5) is 4.39 Å². The number of hydrogen-bond donors (Lipinski definition) is 3. The van der Waals surface area contributed by atoms with Gasteiger partial charge in [0, 0.05) is 12.5 Å². The lowest BCUT2D eigenvalue weighted by Gasteiger charge is -2.63. The van der Waals surface area contributed by atoms with E-state index in [0.29, 0.717) is 53.0 Å². The van der Waals surface area contributed by atoms with E-state index in [9.17, 15) is 19.7 Å². The molecule has 5 nitrogen and oxygen atoms in total. The third-order valence-electron chi connectivity index (χ3n) is 11.7. The minimum absolute atomic E-state index is 0.0988. The lowest BCUT2D eigenvalue weighted by atomic mass is 9.43. The van der Waals surface area contributed by atoms with Gasteiger partial charge in [0.15, 0.2) is 11.5 Å². The molecule has 1 aromatic carbocycles. The van der Waals surface area contributed by atoms with Crippen LogP contribution in [0.3, 0.4) is 0 Å². The average Bonchev–Trinajstić information content (AvgIpc) is 3.40. The molecule has 0 bridgehead atoms. The Balaban J connectivity index is 1.20. The van der Waals surface area contributed by atoms with Crippen LogP contribution in [0.5, 0.6) is 0 Å². The first-order valence-corrected chi connectivity index (χ1v) is 14.2. The van der Waals surface area contributed by atoms with Crippen molar-refractivity contribution in [3.05, 3.63) is 29.9 Å². The summed E-state index contributed by atoms with van der Waals surface area (Å²) in [6, 6.07) is 4.46. The number of rotatable bonds is 4. The molecular weight excluding hydrogens is 457 g/mol. The summed E-state index contributed by atoms with van der Waals surface area (Å²) in [6.07, 6.45) is 6.95. The number of aromatic nitrogens is 1. The quantitative estimate of drug-likeness (QED) is 0.517. The Morgan fingerprint density at radius 3 is 2.69 bits per heavy atom. The van der Waals surface area contributed by atoms with E-state index in [0.717, 1.165) is 51.4 Å². The Bertz CT molecular complexity index is 1120. The molecule has 2 aromatic rings. The summed E-state index contributed by atoms with van der Waals surface area (Å²) < 4.78 is 19.4. The van der Waals surface area contributed by atoms with Gasteiger partial charge >= 0.3 is 0 Å². The Labute approximate surface area is 213 Å². The van der Waals surface area contributed by atoms with Gasteiger partial charge in [0.2, 0.25) is 0 Å². The highest BCUT2D eigenvalue weighted by molar-refractivity contribution is 5.72. The van der Waals surface area contributed by atoms with Crippen LogP contribution in [0.1, 0.15) is 78.0 Å². The molecule has 4 fully saturated rings. The van der Waals surface area contributed by atoms with Gasteiger partial charge in [-0.2, -0.15) is 0 Å². The van der Waals surface area contributed by atoms with Crippen molar-refractivity contribution in [2.24, 2.45) is 46.3 Å². The number of aliphatic hydroxyl groups excluding tert-OH is 3. The molecule has 4 aliphatic carbocycles. The predicted molar refractivity (Wildman–Crippen MR) is 135 cm³/mol. The van der Waals surface area contributed by atoms with E-state index in [2.05, 4.69) is 25.8 Å². The van der Waals surface area contributed by atoms with Crippen molar-refractivity contribution in [2.45, 2.75) is 96.9 Å². The van der Waals surface area contributed by atoms with E-state index in [1.807, 2.05) is 0 Å². The van der Waals surface area contributed by atoms with Crippen molar-refractivity contribution in [1.82, 2.24) is 4.98 Å². The van der Waals surface area contributed by atoms with Gasteiger partial charge in [0.05, 0.1) is 18.3 Å². The maximum absolute atomic E-state index is 13.5. The van der Waals surface area contributed by atoms with Crippen LogP contribution >= 0.6 is 0 Å². The first kappa shape index (κ1) is 24.8. The van der Waals surface area contributed by atoms with Crippen molar-refractivity contribution in [2.75, 3.05) is 0 Å². The van der Waals surface area contributed by atoms with E-state index < -0.39 is 0 Å². The monoisotopic (exact) mass is 499 g/mol. The summed E-state index contributed by atoms with van der Waals surface area (Å²) in [5, 5.41) is 33.5. The van der Waals surface area contributed by atoms with Gasteiger partial charge < -0.3 is 19.7 Å². The number of hydrogen-bond acceptors (Lipinski definition) is 5. The van der Waals surface area contributed by atoms with Crippen molar-refractivity contribution in [1.29, 1.82) is 0 Å². The average molecular weight is 500 g/mol. The third-order valence-corrected chi connectivity index (χ3v) is 11.7. The molecular formula is C30H42FNO4. The van der Waals surface area contributed by atoms with E-state index in [1.165, 1.54) is 12.1 Å². The molecule has 0 saturated heterocycles. The van der Waals surface area contributed by atoms with Crippen LogP contribution < -0.4 is 0 Å². The highest BCUT2D eigenvalue weighted by Crippen LogP contribution is 2.68. The molecule has 0 spiro atoms. The second-order valence-electron chi connectivity index (χ2n) is 13.3. The molecule has 6 heteroatoms. The van der Waals surface area contributed by atoms with Crippen LogP contribution in [-0.4, -0.2) is 38.6 Å². The molecule has 4 aliphatic rings. The van der Waals surface area contributed by atoms with Crippen LogP contribution in [0.25, 0.3) is 11.1 Å². The Morgan fingerprint density at radius 1 is 1.08 bits per heavy atom. The standard InChI is InChI=1S/C30H42FNO4/c1-16(4-9-27-32-23-8-5-18(31)14-25(23)36-27)20-6-7-21-28-22(15-26(35)30(20,21)3)29(2)11-10-19(33)12-17(29)13-24(28)34/h5,8,14,16-17,19-22,24,26,28,33-35H,4,6-7,9-13,15H2,1-3H3/t16?,17-,19+,20+,21-,22-,24+,26-,28-,29-,30+/m0/s1. The molecule has 4 saturated carbocycles. The zero-order valence-electron chi connectivity index (χ0n) is 21.9. The number of aliphatic hydroxyl groups is 3. The van der Waals surface area contributed by atoms with E-state index in [4.69, 9.17) is 4.42 Å². The number of fused-ring (bicyclic) bond motifs is 6. The number of benzene rings is 1. The number of halogens is 1. The second-order valence-corrected chi connectivity index (χ2v) is 13.3. The van der Waals surface area contributed by atoms with Gasteiger partial charge in [-0.25, -0.2) is 9.37 Å². The molecule has 0 aliphatic heterocycles. The Hall–Kier alpha value is -1.50. The van der Waals surface area contributed by atoms with Crippen molar-refractivity contribution in [3.63, 3.8) is 0 Å². The van der Waals surface area contributed by atoms with Crippen molar-refractivity contribution in [3.8, 4) is 0 Å². The number of nitrogens with zero attached hydrogens (tertiary/aromatic N) is 1. The van der Waals surface area contributed by atoms with Crippen LogP contribution in [-0.2, 0) is 6.42 Å². The number of aryl methyl sites for hydroxylation is 1. The largest absolute Gasteiger partial charge is 0.441 e. The molecule has 1 unspecified atom stereocenters. The molecule has 1 heterocycles. The molecule has 36 heavy (non-hydrogen) atoms.